The number of ether oxygens (including phenoxy) is 2. The lowest BCUT2D eigenvalue weighted by Crippen LogP contribution is -2.46. The SMILES string of the molecule is COc1ccc(Cc2nnc(NC(=O)N3CCO[C@@H](C)C3)s2)cc1. The van der Waals surface area contributed by atoms with Crippen LogP contribution in [0.2, 0.25) is 0 Å². The minimum Gasteiger partial charge on any atom is -0.497 e. The van der Waals surface area contributed by atoms with Gasteiger partial charge in [-0.2, -0.15) is 0 Å². The van der Waals surface area contributed by atoms with E-state index >= 15 is 0 Å². The van der Waals surface area contributed by atoms with Crippen molar-refractivity contribution in [3.05, 3.63) is 34.8 Å². The Hall–Kier alpha value is -2.19. The van der Waals surface area contributed by atoms with Gasteiger partial charge in [0.05, 0.1) is 19.8 Å². The van der Waals surface area contributed by atoms with E-state index in [1.165, 1.54) is 11.3 Å². The van der Waals surface area contributed by atoms with Crippen LogP contribution in [0, 0.1) is 0 Å². The lowest BCUT2D eigenvalue weighted by atomic mass is 10.1. The number of methoxy groups -OCH3 is 1. The molecule has 8 heteroatoms. The van der Waals surface area contributed by atoms with E-state index in [9.17, 15) is 4.79 Å². The van der Waals surface area contributed by atoms with Crippen LogP contribution in [0.4, 0.5) is 9.93 Å². The average Bonchev–Trinajstić information content (AvgIpc) is 3.02. The number of morpholine rings is 1. The zero-order valence-corrected chi connectivity index (χ0v) is 14.5. The predicted octanol–water partition coefficient (Wildman–Crippen LogP) is 2.39. The van der Waals surface area contributed by atoms with Gasteiger partial charge < -0.3 is 14.4 Å². The Morgan fingerprint density at radius 1 is 1.42 bits per heavy atom. The molecule has 2 heterocycles. The Morgan fingerprint density at radius 2 is 2.21 bits per heavy atom. The normalized spacial score (nSPS) is 17.6. The van der Waals surface area contributed by atoms with Crippen LogP contribution in [0.3, 0.4) is 0 Å². The van der Waals surface area contributed by atoms with Crippen LogP contribution >= 0.6 is 11.3 Å². The van der Waals surface area contributed by atoms with E-state index in [2.05, 4.69) is 15.5 Å². The first-order chi connectivity index (χ1) is 11.6. The number of carbonyl (C=O) groups excluding carboxylic acids is 1. The molecule has 0 bridgehead atoms. The summed E-state index contributed by atoms with van der Waals surface area (Å²) in [5, 5.41) is 12.4. The van der Waals surface area contributed by atoms with Gasteiger partial charge in [-0.05, 0) is 24.6 Å². The van der Waals surface area contributed by atoms with Crippen LogP contribution in [0.25, 0.3) is 0 Å². The first-order valence-corrected chi connectivity index (χ1v) is 8.58. The molecule has 0 radical (unpaired) electrons. The highest BCUT2D eigenvalue weighted by Gasteiger charge is 2.22. The first kappa shape index (κ1) is 16.7. The maximum absolute atomic E-state index is 12.2. The molecule has 1 aliphatic rings. The third-order valence-corrected chi connectivity index (χ3v) is 4.56. The summed E-state index contributed by atoms with van der Waals surface area (Å²) < 4.78 is 10.6. The molecule has 1 fully saturated rings. The maximum atomic E-state index is 12.2. The number of nitrogens with zero attached hydrogens (tertiary/aromatic N) is 3. The monoisotopic (exact) mass is 348 g/mol. The van der Waals surface area contributed by atoms with Gasteiger partial charge in [-0.25, -0.2) is 4.79 Å². The van der Waals surface area contributed by atoms with Crippen molar-refractivity contribution in [3.63, 3.8) is 0 Å². The standard InChI is InChI=1S/C16H20N4O3S/c1-11-10-20(7-8-23-11)16(21)17-15-19-18-14(24-15)9-12-3-5-13(22-2)6-4-12/h3-6,11H,7-10H2,1-2H3,(H,17,19,21)/t11-/m0/s1. The number of aromatic nitrogens is 2. The van der Waals surface area contributed by atoms with E-state index in [0.717, 1.165) is 16.3 Å². The Kier molecular flexibility index (Phi) is 5.27. The fraction of sp³-hybridized carbons (Fsp3) is 0.438. The quantitative estimate of drug-likeness (QED) is 0.918. The van der Waals surface area contributed by atoms with Gasteiger partial charge in [0.1, 0.15) is 10.8 Å². The van der Waals surface area contributed by atoms with Gasteiger partial charge >= 0.3 is 6.03 Å². The first-order valence-electron chi connectivity index (χ1n) is 7.77. The Labute approximate surface area is 144 Å². The molecule has 0 unspecified atom stereocenters. The van der Waals surface area contributed by atoms with Crippen molar-refractivity contribution < 1.29 is 14.3 Å². The summed E-state index contributed by atoms with van der Waals surface area (Å²) >= 11 is 1.39. The summed E-state index contributed by atoms with van der Waals surface area (Å²) in [6.45, 7) is 3.70. The van der Waals surface area contributed by atoms with Gasteiger partial charge in [0.2, 0.25) is 5.13 Å². The smallest absolute Gasteiger partial charge is 0.323 e. The lowest BCUT2D eigenvalue weighted by molar-refractivity contribution is -0.00138. The molecular weight excluding hydrogens is 328 g/mol. The number of rotatable bonds is 4. The number of nitrogens with one attached hydrogen (secondary N) is 1. The highest BCUT2D eigenvalue weighted by atomic mass is 32.1. The molecule has 0 spiro atoms. The molecule has 24 heavy (non-hydrogen) atoms. The molecule has 1 atom stereocenters. The molecule has 1 aromatic heterocycles. The van der Waals surface area contributed by atoms with Crippen LogP contribution in [0.5, 0.6) is 5.75 Å². The van der Waals surface area contributed by atoms with Gasteiger partial charge in [0.25, 0.3) is 0 Å². The van der Waals surface area contributed by atoms with Crippen molar-refractivity contribution in [2.45, 2.75) is 19.4 Å². The summed E-state index contributed by atoms with van der Waals surface area (Å²) in [6, 6.07) is 7.66. The number of hydrogen-bond donors (Lipinski definition) is 1. The minimum atomic E-state index is -0.155. The minimum absolute atomic E-state index is 0.0598. The van der Waals surface area contributed by atoms with Crippen LogP contribution in [-0.4, -0.2) is 54.0 Å². The molecule has 1 N–H and O–H groups in total. The van der Waals surface area contributed by atoms with E-state index in [4.69, 9.17) is 9.47 Å². The highest BCUT2D eigenvalue weighted by Crippen LogP contribution is 2.20. The second-order valence-electron chi connectivity index (χ2n) is 5.58. The van der Waals surface area contributed by atoms with Gasteiger partial charge in [0, 0.05) is 19.5 Å². The Bertz CT molecular complexity index is 689. The Balaban J connectivity index is 1.57. The van der Waals surface area contributed by atoms with Crippen molar-refractivity contribution in [3.8, 4) is 5.75 Å². The van der Waals surface area contributed by atoms with Gasteiger partial charge in [0.15, 0.2) is 0 Å². The maximum Gasteiger partial charge on any atom is 0.323 e. The van der Waals surface area contributed by atoms with E-state index < -0.39 is 0 Å². The van der Waals surface area contributed by atoms with Gasteiger partial charge in [-0.15, -0.1) is 10.2 Å². The fourth-order valence-corrected chi connectivity index (χ4v) is 3.23. The molecular formula is C16H20N4O3S. The zero-order valence-electron chi connectivity index (χ0n) is 13.7. The van der Waals surface area contributed by atoms with E-state index in [-0.39, 0.29) is 12.1 Å². The summed E-state index contributed by atoms with van der Waals surface area (Å²) in [6.07, 6.45) is 0.733. The van der Waals surface area contributed by atoms with E-state index in [1.807, 2.05) is 31.2 Å². The summed E-state index contributed by atoms with van der Waals surface area (Å²) in [5.74, 6) is 0.823. The topological polar surface area (TPSA) is 76.6 Å². The van der Waals surface area contributed by atoms with Crippen LogP contribution in [0.1, 0.15) is 17.5 Å². The third kappa shape index (κ3) is 4.21. The summed E-state index contributed by atoms with van der Waals surface area (Å²) in [4.78, 5) is 14.0. The summed E-state index contributed by atoms with van der Waals surface area (Å²) in [7, 11) is 1.64. The average molecular weight is 348 g/mol. The van der Waals surface area contributed by atoms with Crippen molar-refractivity contribution >= 4 is 22.5 Å². The van der Waals surface area contributed by atoms with E-state index in [0.29, 0.717) is 31.2 Å². The fourth-order valence-electron chi connectivity index (χ4n) is 2.47. The molecule has 7 nitrogen and oxygen atoms in total. The molecule has 0 saturated carbocycles. The van der Waals surface area contributed by atoms with Crippen LogP contribution < -0.4 is 10.1 Å². The van der Waals surface area contributed by atoms with Crippen LogP contribution in [-0.2, 0) is 11.2 Å². The third-order valence-electron chi connectivity index (χ3n) is 3.72. The number of hydrogen-bond acceptors (Lipinski definition) is 6. The second-order valence-corrected chi connectivity index (χ2v) is 6.65. The van der Waals surface area contributed by atoms with Crippen LogP contribution in [0.15, 0.2) is 24.3 Å². The van der Waals surface area contributed by atoms with Crippen molar-refractivity contribution in [2.75, 3.05) is 32.1 Å². The van der Waals surface area contributed by atoms with Crippen molar-refractivity contribution in [2.24, 2.45) is 0 Å². The number of carbonyl (C=O) groups is 1. The molecule has 1 aromatic carbocycles. The molecule has 1 saturated heterocycles. The molecule has 128 valence electrons. The summed E-state index contributed by atoms with van der Waals surface area (Å²) in [5.41, 5.74) is 1.12. The van der Waals surface area contributed by atoms with Crippen molar-refractivity contribution in [1.29, 1.82) is 0 Å². The molecule has 1 aliphatic heterocycles. The Morgan fingerprint density at radius 3 is 2.92 bits per heavy atom. The molecule has 2 amide bonds. The zero-order chi connectivity index (χ0) is 16.9. The number of benzene rings is 1. The van der Waals surface area contributed by atoms with Crippen molar-refractivity contribution in [1.82, 2.24) is 15.1 Å². The predicted molar refractivity (Wildman–Crippen MR) is 91.7 cm³/mol. The number of urea groups is 1. The van der Waals surface area contributed by atoms with E-state index in [1.54, 1.807) is 12.0 Å². The molecule has 2 aromatic rings. The van der Waals surface area contributed by atoms with Gasteiger partial charge in [-0.1, -0.05) is 23.5 Å². The molecule has 3 rings (SSSR count). The molecule has 0 aliphatic carbocycles. The lowest BCUT2D eigenvalue weighted by Gasteiger charge is -2.30. The number of amides is 2. The number of anilines is 1. The largest absolute Gasteiger partial charge is 0.497 e. The second kappa shape index (κ2) is 7.59. The van der Waals surface area contributed by atoms with Gasteiger partial charge in [-0.3, -0.25) is 5.32 Å². The highest BCUT2D eigenvalue weighted by molar-refractivity contribution is 7.15.